The Hall–Kier alpha value is -2.36. The molecule has 9 heteroatoms. The Labute approximate surface area is 252 Å². The van der Waals surface area contributed by atoms with Crippen LogP contribution < -0.4 is 5.73 Å². The molecule has 5 rings (SSSR count). The molecule has 0 radical (unpaired) electrons. The highest BCUT2D eigenvalue weighted by molar-refractivity contribution is 7.15. The Morgan fingerprint density at radius 3 is 2.43 bits per heavy atom. The van der Waals surface area contributed by atoms with E-state index in [4.69, 9.17) is 10.5 Å². The number of thiazole rings is 1. The van der Waals surface area contributed by atoms with Crippen LogP contribution in [0.1, 0.15) is 92.1 Å². The van der Waals surface area contributed by atoms with Crippen molar-refractivity contribution in [3.8, 4) is 0 Å². The van der Waals surface area contributed by atoms with E-state index in [1.807, 2.05) is 6.92 Å². The molecule has 0 aromatic carbocycles. The van der Waals surface area contributed by atoms with Crippen LogP contribution in [0.2, 0.25) is 0 Å². The number of fused-ring (bicyclic) bond motifs is 6. The monoisotopic (exact) mass is 598 g/mol. The van der Waals surface area contributed by atoms with Gasteiger partial charge in [-0.15, -0.1) is 11.3 Å². The molecule has 0 saturated heterocycles. The molecular formula is C33H46N2O6S. The van der Waals surface area contributed by atoms with Gasteiger partial charge in [0.15, 0.2) is 10.9 Å². The maximum absolute atomic E-state index is 14.6. The fourth-order valence-electron chi connectivity index (χ4n) is 9.78. The third-order valence-corrected chi connectivity index (χ3v) is 12.8. The van der Waals surface area contributed by atoms with Gasteiger partial charge in [-0.25, -0.2) is 4.98 Å². The molecule has 1 aromatic rings. The van der Waals surface area contributed by atoms with Crippen molar-refractivity contribution in [3.63, 3.8) is 0 Å². The van der Waals surface area contributed by atoms with Gasteiger partial charge in [-0.2, -0.15) is 0 Å². The number of hydrogen-bond donors (Lipinski definition) is 3. The van der Waals surface area contributed by atoms with Gasteiger partial charge in [-0.1, -0.05) is 46.3 Å². The number of ketones is 2. The number of Topliss-reactive ketones (excluding diaryl/α,β-unsaturated/α-hetero) is 1. The predicted octanol–water partition coefficient (Wildman–Crippen LogP) is 4.71. The number of hydrogen-bond acceptors (Lipinski definition) is 9. The third-order valence-electron chi connectivity index (χ3n) is 11.9. The zero-order valence-electron chi connectivity index (χ0n) is 26.3. The fourth-order valence-corrected chi connectivity index (χ4v) is 10.8. The molecule has 42 heavy (non-hydrogen) atoms. The summed E-state index contributed by atoms with van der Waals surface area (Å²) in [6, 6.07) is 0. The molecule has 0 aliphatic heterocycles. The molecule has 2 fully saturated rings. The number of ether oxygens (including phenoxy) is 1. The van der Waals surface area contributed by atoms with Gasteiger partial charge in [-0.05, 0) is 74.9 Å². The zero-order valence-corrected chi connectivity index (χ0v) is 27.1. The lowest BCUT2D eigenvalue weighted by Gasteiger charge is -2.64. The average Bonchev–Trinajstić information content (AvgIpc) is 3.31. The van der Waals surface area contributed by atoms with E-state index in [0.29, 0.717) is 24.4 Å². The molecule has 2 saturated carbocycles. The molecule has 1 heterocycles. The van der Waals surface area contributed by atoms with Gasteiger partial charge < -0.3 is 20.7 Å². The molecule has 4 N–H and O–H groups in total. The number of aromatic nitrogens is 1. The number of carbonyl (C=O) groups is 3. The van der Waals surface area contributed by atoms with Crippen molar-refractivity contribution < 1.29 is 29.3 Å². The van der Waals surface area contributed by atoms with E-state index in [1.165, 1.54) is 42.9 Å². The number of rotatable bonds is 5. The van der Waals surface area contributed by atoms with Gasteiger partial charge in [0, 0.05) is 35.0 Å². The largest absolute Gasteiger partial charge is 0.456 e. The van der Waals surface area contributed by atoms with Crippen LogP contribution in [0, 0.1) is 34.0 Å². The highest BCUT2D eigenvalue weighted by Gasteiger charge is 2.74. The zero-order chi connectivity index (χ0) is 31.4. The van der Waals surface area contributed by atoms with Crippen molar-refractivity contribution >= 4 is 34.0 Å². The van der Waals surface area contributed by atoms with Crippen LogP contribution in [0.4, 0.5) is 5.13 Å². The molecule has 4 aliphatic rings. The first-order valence-electron chi connectivity index (χ1n) is 15.0. The first-order chi connectivity index (χ1) is 19.1. The molecule has 0 amide bonds. The quantitative estimate of drug-likeness (QED) is 0.252. The Bertz CT molecular complexity index is 1420. The molecule has 230 valence electrons. The summed E-state index contributed by atoms with van der Waals surface area (Å²) in [6.07, 6.45) is 5.92. The normalized spacial score (nSPS) is 38.5. The Morgan fingerprint density at radius 1 is 1.17 bits per heavy atom. The summed E-state index contributed by atoms with van der Waals surface area (Å²) in [7, 11) is 0. The molecule has 1 aromatic heterocycles. The van der Waals surface area contributed by atoms with Gasteiger partial charge in [0.1, 0.15) is 17.0 Å². The maximum Gasteiger partial charge on any atom is 0.303 e. The molecule has 8 atom stereocenters. The molecule has 1 unspecified atom stereocenters. The number of carbonyl (C=O) groups excluding carboxylic acids is 3. The van der Waals surface area contributed by atoms with Crippen LogP contribution >= 0.6 is 11.3 Å². The highest BCUT2D eigenvalue weighted by atomic mass is 32.1. The minimum atomic E-state index is -1.94. The summed E-state index contributed by atoms with van der Waals surface area (Å²) >= 11 is 1.51. The lowest BCUT2D eigenvalue weighted by atomic mass is 9.38. The second-order valence-corrected chi connectivity index (χ2v) is 16.3. The lowest BCUT2D eigenvalue weighted by molar-refractivity contribution is -0.180. The standard InChI is InChI=1S/C33H46N2O6S/c1-17(36)41-28(2,3)13-12-23(38)33(9,40)25-20(37)15-30(6)22-11-10-18-19(32(22,8)24(39)16-31(25,30)7)14-21-26(29(18,4)5)35-27(34)42-21/h10,12-13,19-20,22,25,37,40H,11,14-16H2,1-9H3,(H2,34,35)/b13-12+/t19-,20-,22?,25+,30+,31-,32+,33+/m1/s1. The van der Waals surface area contributed by atoms with Crippen LogP contribution in [0.25, 0.3) is 0 Å². The first kappa shape index (κ1) is 31.1. The van der Waals surface area contributed by atoms with Crippen molar-refractivity contribution in [1.29, 1.82) is 0 Å². The SMILES string of the molecule is CC(=O)OC(C)(C)/C=C/C(=O)[C@](C)(O)[C@H]1[C@H](O)C[C@@]2(C)C3CC=C4[C@@H](Cc5sc(N)nc5C4(C)C)[C@]3(C)C(=O)C[C@]12C. The Morgan fingerprint density at radius 2 is 1.81 bits per heavy atom. The molecular weight excluding hydrogens is 552 g/mol. The lowest BCUT2D eigenvalue weighted by Crippen LogP contribution is -2.64. The van der Waals surface area contributed by atoms with E-state index >= 15 is 0 Å². The molecule has 4 aliphatic carbocycles. The van der Waals surface area contributed by atoms with Crippen LogP contribution in [0.5, 0.6) is 0 Å². The van der Waals surface area contributed by atoms with Crippen LogP contribution in [-0.2, 0) is 31.0 Å². The predicted molar refractivity (Wildman–Crippen MR) is 162 cm³/mol. The summed E-state index contributed by atoms with van der Waals surface area (Å²) < 4.78 is 5.27. The van der Waals surface area contributed by atoms with Crippen molar-refractivity contribution in [2.45, 2.75) is 111 Å². The van der Waals surface area contributed by atoms with E-state index < -0.39 is 51.2 Å². The van der Waals surface area contributed by atoms with E-state index in [0.717, 1.165) is 10.6 Å². The first-order valence-corrected chi connectivity index (χ1v) is 15.8. The number of esters is 1. The molecule has 0 spiro atoms. The van der Waals surface area contributed by atoms with Gasteiger partial charge in [0.05, 0.1) is 11.8 Å². The summed E-state index contributed by atoms with van der Waals surface area (Å²) in [6.45, 7) is 16.6. The van der Waals surface area contributed by atoms with Crippen molar-refractivity contribution in [1.82, 2.24) is 4.98 Å². The Kier molecular flexibility index (Phi) is 6.90. The average molecular weight is 599 g/mol. The summed E-state index contributed by atoms with van der Waals surface area (Å²) in [5, 5.41) is 24.0. The van der Waals surface area contributed by atoms with E-state index in [2.05, 4.69) is 38.8 Å². The van der Waals surface area contributed by atoms with Crippen molar-refractivity contribution in [3.05, 3.63) is 34.4 Å². The van der Waals surface area contributed by atoms with E-state index in [-0.39, 0.29) is 29.5 Å². The second-order valence-electron chi connectivity index (χ2n) is 15.2. The number of aliphatic hydroxyl groups is 2. The van der Waals surface area contributed by atoms with Crippen LogP contribution in [-0.4, -0.2) is 50.0 Å². The van der Waals surface area contributed by atoms with Crippen molar-refractivity contribution in [2.75, 3.05) is 5.73 Å². The van der Waals surface area contributed by atoms with Crippen LogP contribution in [0.3, 0.4) is 0 Å². The fraction of sp³-hybridized carbons (Fsp3) is 0.697. The topological polar surface area (TPSA) is 140 Å². The van der Waals surface area contributed by atoms with Crippen molar-refractivity contribution in [2.24, 2.45) is 34.0 Å². The van der Waals surface area contributed by atoms with Crippen LogP contribution in [0.15, 0.2) is 23.8 Å². The second kappa shape index (κ2) is 9.32. The number of nitrogens with zero attached hydrogens (tertiary/aromatic N) is 1. The summed E-state index contributed by atoms with van der Waals surface area (Å²) in [4.78, 5) is 45.4. The Balaban J connectivity index is 1.53. The van der Waals surface area contributed by atoms with Gasteiger partial charge in [0.2, 0.25) is 0 Å². The number of anilines is 1. The van der Waals surface area contributed by atoms with E-state index in [1.54, 1.807) is 13.8 Å². The highest BCUT2D eigenvalue weighted by Crippen LogP contribution is 2.74. The smallest absolute Gasteiger partial charge is 0.303 e. The van der Waals surface area contributed by atoms with Gasteiger partial charge >= 0.3 is 5.97 Å². The van der Waals surface area contributed by atoms with Gasteiger partial charge in [0.25, 0.3) is 0 Å². The van der Waals surface area contributed by atoms with Gasteiger partial charge in [-0.3, -0.25) is 14.4 Å². The number of nitrogen functional groups attached to an aromatic ring is 1. The maximum atomic E-state index is 14.6. The summed E-state index contributed by atoms with van der Waals surface area (Å²) in [5.41, 5.74) is 3.02. The number of nitrogens with two attached hydrogens (primary N) is 1. The third kappa shape index (κ3) is 4.13. The minimum Gasteiger partial charge on any atom is -0.456 e. The number of allylic oxidation sites excluding steroid dienone is 2. The minimum absolute atomic E-state index is 0.0164. The number of aliphatic hydroxyl groups excluding tert-OH is 1. The van der Waals surface area contributed by atoms with E-state index in [9.17, 15) is 24.6 Å². The molecule has 0 bridgehead atoms. The molecule has 8 nitrogen and oxygen atoms in total. The summed E-state index contributed by atoms with van der Waals surface area (Å²) in [5.74, 6) is -1.92.